The Balaban J connectivity index is 1.58. The van der Waals surface area contributed by atoms with E-state index in [2.05, 4.69) is 33.9 Å². The summed E-state index contributed by atoms with van der Waals surface area (Å²) in [5.41, 5.74) is 8.26. The van der Waals surface area contributed by atoms with Crippen LogP contribution in [0, 0.1) is 0 Å². The van der Waals surface area contributed by atoms with Gasteiger partial charge >= 0.3 is 0 Å². The van der Waals surface area contributed by atoms with E-state index in [9.17, 15) is 9.90 Å². The molecule has 134 valence electrons. The number of carbonyl (C=O) groups excluding carboxylic acids is 1. The first-order valence-corrected chi connectivity index (χ1v) is 9.19. The summed E-state index contributed by atoms with van der Waals surface area (Å²) in [6, 6.07) is 14.7. The molecular weight excluding hydrogens is 348 g/mol. The van der Waals surface area contributed by atoms with E-state index in [1.54, 1.807) is 24.3 Å². The van der Waals surface area contributed by atoms with E-state index >= 15 is 0 Å². The van der Waals surface area contributed by atoms with E-state index in [4.69, 9.17) is 0 Å². The number of nitrogens with one attached hydrogen (secondary N) is 2. The van der Waals surface area contributed by atoms with Gasteiger partial charge in [-0.1, -0.05) is 42.6 Å². The van der Waals surface area contributed by atoms with Crippen LogP contribution in [0.4, 0.5) is 0 Å². The zero-order valence-electron chi connectivity index (χ0n) is 14.4. The second-order valence-electron chi connectivity index (χ2n) is 5.58. The first kappa shape index (κ1) is 17.9. The average molecular weight is 368 g/mol. The van der Waals surface area contributed by atoms with Crippen molar-refractivity contribution in [3.8, 4) is 5.75 Å². The highest BCUT2D eigenvalue weighted by molar-refractivity contribution is 7.99. The molecule has 6 nitrogen and oxygen atoms in total. The number of amides is 1. The van der Waals surface area contributed by atoms with Gasteiger partial charge in [-0.25, -0.2) is 4.98 Å². The fourth-order valence-electron chi connectivity index (χ4n) is 2.58. The fourth-order valence-corrected chi connectivity index (χ4v) is 3.46. The third-order valence-corrected chi connectivity index (χ3v) is 4.83. The number of imidazole rings is 1. The zero-order chi connectivity index (χ0) is 18.5. The van der Waals surface area contributed by atoms with Crippen LogP contribution in [0.3, 0.4) is 0 Å². The van der Waals surface area contributed by atoms with Crippen molar-refractivity contribution in [2.24, 2.45) is 0 Å². The van der Waals surface area contributed by atoms with Crippen LogP contribution in [0.2, 0.25) is 0 Å². The van der Waals surface area contributed by atoms with Crippen molar-refractivity contribution in [2.75, 3.05) is 5.75 Å². The number of hydrazine groups is 1. The molecule has 1 heterocycles. The molecule has 0 aliphatic rings. The molecule has 7 heteroatoms. The van der Waals surface area contributed by atoms with E-state index in [0.29, 0.717) is 11.3 Å². The standard InChI is InChI=1S/C19H20N4O2S/c1-3-23-16-10-6-5-9-15(16)20-19(23)26-12-18(25)22-21-13(2)14-8-4-7-11-17(14)24/h4-11,21,24H,2-3,12H2,1H3,(H,22,25). The fraction of sp³-hybridized carbons (Fsp3) is 0.158. The number of phenolic OH excluding ortho intramolecular Hbond substituents is 1. The lowest BCUT2D eigenvalue weighted by Gasteiger charge is -2.12. The number of para-hydroxylation sites is 3. The second-order valence-corrected chi connectivity index (χ2v) is 6.53. The van der Waals surface area contributed by atoms with Crippen molar-refractivity contribution in [2.45, 2.75) is 18.6 Å². The molecule has 0 unspecified atom stereocenters. The van der Waals surface area contributed by atoms with Gasteiger partial charge in [0.1, 0.15) is 5.75 Å². The number of fused-ring (bicyclic) bond motifs is 1. The normalized spacial score (nSPS) is 10.7. The summed E-state index contributed by atoms with van der Waals surface area (Å²) in [5.74, 6) is 0.108. The molecular formula is C19H20N4O2S. The topological polar surface area (TPSA) is 79.2 Å². The minimum atomic E-state index is -0.207. The molecule has 0 aliphatic carbocycles. The number of aromatic nitrogens is 2. The number of hydrogen-bond donors (Lipinski definition) is 3. The van der Waals surface area contributed by atoms with Gasteiger partial charge in [0, 0.05) is 12.1 Å². The monoisotopic (exact) mass is 368 g/mol. The molecule has 0 saturated carbocycles. The van der Waals surface area contributed by atoms with Crippen LogP contribution in [-0.2, 0) is 11.3 Å². The molecule has 2 aromatic carbocycles. The van der Waals surface area contributed by atoms with E-state index in [1.165, 1.54) is 11.8 Å². The highest BCUT2D eigenvalue weighted by Gasteiger charge is 2.12. The SMILES string of the molecule is C=C(NNC(=O)CSc1nc2ccccc2n1CC)c1ccccc1O. The largest absolute Gasteiger partial charge is 0.507 e. The summed E-state index contributed by atoms with van der Waals surface area (Å²) in [5, 5.41) is 10.6. The maximum Gasteiger partial charge on any atom is 0.248 e. The maximum absolute atomic E-state index is 12.1. The summed E-state index contributed by atoms with van der Waals surface area (Å²) in [6.07, 6.45) is 0. The van der Waals surface area contributed by atoms with Gasteiger partial charge in [-0.15, -0.1) is 0 Å². The van der Waals surface area contributed by atoms with E-state index in [0.717, 1.165) is 22.7 Å². The Labute approximate surface area is 155 Å². The molecule has 3 N–H and O–H groups in total. The van der Waals surface area contributed by atoms with Crippen LogP contribution in [0.25, 0.3) is 16.7 Å². The van der Waals surface area contributed by atoms with Crippen molar-refractivity contribution in [3.63, 3.8) is 0 Å². The summed E-state index contributed by atoms with van der Waals surface area (Å²) in [4.78, 5) is 16.7. The smallest absolute Gasteiger partial charge is 0.248 e. The van der Waals surface area contributed by atoms with Gasteiger partial charge in [0.25, 0.3) is 0 Å². The Morgan fingerprint density at radius 2 is 1.92 bits per heavy atom. The number of aromatic hydroxyl groups is 1. The molecule has 1 aromatic heterocycles. The Morgan fingerprint density at radius 1 is 1.19 bits per heavy atom. The van der Waals surface area contributed by atoms with Crippen LogP contribution in [-0.4, -0.2) is 26.3 Å². The van der Waals surface area contributed by atoms with E-state index < -0.39 is 0 Å². The summed E-state index contributed by atoms with van der Waals surface area (Å²) in [7, 11) is 0. The highest BCUT2D eigenvalue weighted by atomic mass is 32.2. The third kappa shape index (κ3) is 3.83. The van der Waals surface area contributed by atoms with Crippen LogP contribution < -0.4 is 10.9 Å². The lowest BCUT2D eigenvalue weighted by Crippen LogP contribution is -2.37. The van der Waals surface area contributed by atoms with Gasteiger partial charge in [0.15, 0.2) is 5.16 Å². The van der Waals surface area contributed by atoms with Crippen molar-refractivity contribution >= 4 is 34.4 Å². The zero-order valence-corrected chi connectivity index (χ0v) is 15.2. The van der Waals surface area contributed by atoms with Crippen LogP contribution >= 0.6 is 11.8 Å². The molecule has 0 spiro atoms. The van der Waals surface area contributed by atoms with Gasteiger partial charge in [-0.3, -0.25) is 15.6 Å². The van der Waals surface area contributed by atoms with Crippen LogP contribution in [0.1, 0.15) is 12.5 Å². The number of benzene rings is 2. The maximum atomic E-state index is 12.1. The minimum absolute atomic E-state index is 0.102. The molecule has 3 aromatic rings. The number of thioether (sulfide) groups is 1. The molecule has 0 bridgehead atoms. The number of rotatable bonds is 7. The highest BCUT2D eigenvalue weighted by Crippen LogP contribution is 2.24. The van der Waals surface area contributed by atoms with Gasteiger partial charge in [0.2, 0.25) is 5.91 Å². The number of carbonyl (C=O) groups is 1. The van der Waals surface area contributed by atoms with Gasteiger partial charge in [-0.2, -0.15) is 0 Å². The number of phenols is 1. The third-order valence-electron chi connectivity index (χ3n) is 3.85. The quantitative estimate of drug-likeness (QED) is 0.441. The van der Waals surface area contributed by atoms with Crippen molar-refractivity contribution in [1.29, 1.82) is 0 Å². The molecule has 26 heavy (non-hydrogen) atoms. The molecule has 0 radical (unpaired) electrons. The summed E-state index contributed by atoms with van der Waals surface area (Å²) < 4.78 is 2.08. The molecule has 0 saturated heterocycles. The van der Waals surface area contributed by atoms with E-state index in [-0.39, 0.29) is 17.4 Å². The first-order chi connectivity index (χ1) is 12.6. The first-order valence-electron chi connectivity index (χ1n) is 8.20. The van der Waals surface area contributed by atoms with Crippen molar-refractivity contribution in [3.05, 3.63) is 60.7 Å². The van der Waals surface area contributed by atoms with Gasteiger partial charge in [-0.05, 0) is 31.2 Å². The summed E-state index contributed by atoms with van der Waals surface area (Å²) >= 11 is 1.38. The Hall–Kier alpha value is -2.93. The second kappa shape index (κ2) is 7.97. The summed E-state index contributed by atoms with van der Waals surface area (Å²) in [6.45, 7) is 6.66. The number of hydrogen-bond acceptors (Lipinski definition) is 5. The average Bonchev–Trinajstić information content (AvgIpc) is 3.02. The Kier molecular flexibility index (Phi) is 5.48. The molecule has 0 fully saturated rings. The minimum Gasteiger partial charge on any atom is -0.507 e. The van der Waals surface area contributed by atoms with Crippen molar-refractivity contribution in [1.82, 2.24) is 20.4 Å². The van der Waals surface area contributed by atoms with Gasteiger partial charge < -0.3 is 9.67 Å². The van der Waals surface area contributed by atoms with Gasteiger partial charge in [0.05, 0.1) is 22.5 Å². The lowest BCUT2D eigenvalue weighted by atomic mass is 10.1. The molecule has 0 atom stereocenters. The molecule has 0 aliphatic heterocycles. The number of nitrogens with zero attached hydrogens (tertiary/aromatic N) is 2. The van der Waals surface area contributed by atoms with E-state index in [1.807, 2.05) is 24.3 Å². The van der Waals surface area contributed by atoms with Crippen LogP contribution in [0.5, 0.6) is 5.75 Å². The Bertz CT molecular complexity index is 952. The predicted octanol–water partition coefficient (Wildman–Crippen LogP) is 3.15. The van der Waals surface area contributed by atoms with Crippen LogP contribution in [0.15, 0.2) is 60.3 Å². The van der Waals surface area contributed by atoms with Crippen molar-refractivity contribution < 1.29 is 9.90 Å². The Morgan fingerprint density at radius 3 is 2.69 bits per heavy atom. The molecule has 3 rings (SSSR count). The lowest BCUT2D eigenvalue weighted by molar-refractivity contribution is -0.119. The number of aryl methyl sites for hydroxylation is 1. The molecule has 1 amide bonds. The predicted molar refractivity (Wildman–Crippen MR) is 105 cm³/mol.